The number of nitrogens with two attached hydrogens (primary N) is 1. The number of hydrogen-bond donors (Lipinski definition) is 1. The van der Waals surface area contributed by atoms with E-state index in [0.717, 1.165) is 18.4 Å². The molecule has 1 saturated carbocycles. The zero-order valence-corrected chi connectivity index (χ0v) is 9.89. The largest absolute Gasteiger partial charge is 0.345 e. The van der Waals surface area contributed by atoms with Crippen molar-refractivity contribution in [1.82, 2.24) is 9.47 Å². The second-order valence-corrected chi connectivity index (χ2v) is 4.64. The third-order valence-electron chi connectivity index (χ3n) is 3.10. The predicted molar refractivity (Wildman–Crippen MR) is 62.8 cm³/mol. The Morgan fingerprint density at radius 2 is 2.38 bits per heavy atom. The van der Waals surface area contributed by atoms with Crippen LogP contribution in [-0.4, -0.2) is 28.5 Å². The van der Waals surface area contributed by atoms with E-state index in [1.54, 1.807) is 0 Å². The molecule has 1 amide bonds. The van der Waals surface area contributed by atoms with E-state index >= 15 is 0 Å². The van der Waals surface area contributed by atoms with E-state index in [1.807, 2.05) is 41.9 Å². The average Bonchev–Trinajstić information content (AvgIpc) is 2.97. The van der Waals surface area contributed by atoms with Gasteiger partial charge >= 0.3 is 0 Å². The highest BCUT2D eigenvalue weighted by atomic mass is 16.2. The van der Waals surface area contributed by atoms with Crippen molar-refractivity contribution in [1.29, 1.82) is 0 Å². The highest BCUT2D eigenvalue weighted by Crippen LogP contribution is 2.25. The Hall–Kier alpha value is -1.29. The highest BCUT2D eigenvalue weighted by molar-refractivity contribution is 5.76. The number of amides is 1. The maximum absolute atomic E-state index is 11.8. The van der Waals surface area contributed by atoms with E-state index in [1.165, 1.54) is 0 Å². The number of aromatic nitrogens is 1. The number of nitrogens with zero attached hydrogens (tertiary/aromatic N) is 2. The Balaban J connectivity index is 1.94. The van der Waals surface area contributed by atoms with E-state index in [-0.39, 0.29) is 11.9 Å². The smallest absolute Gasteiger partial charge is 0.242 e. The van der Waals surface area contributed by atoms with Crippen molar-refractivity contribution in [2.24, 2.45) is 5.73 Å². The maximum atomic E-state index is 11.8. The Kier molecular flexibility index (Phi) is 3.01. The Labute approximate surface area is 96.0 Å². The number of carbonyl (C=O) groups is 1. The minimum Gasteiger partial charge on any atom is -0.345 e. The molecule has 1 aliphatic carbocycles. The van der Waals surface area contributed by atoms with Gasteiger partial charge in [-0.3, -0.25) is 4.79 Å². The molecule has 1 aromatic heterocycles. The lowest BCUT2D eigenvalue weighted by molar-refractivity contribution is -0.131. The topological polar surface area (TPSA) is 51.3 Å². The predicted octanol–water partition coefficient (Wildman–Crippen LogP) is 1.13. The van der Waals surface area contributed by atoms with Gasteiger partial charge in [-0.05, 0) is 31.4 Å². The minimum absolute atomic E-state index is 0.0255. The summed E-state index contributed by atoms with van der Waals surface area (Å²) in [7, 11) is 1.88. The van der Waals surface area contributed by atoms with Crippen LogP contribution < -0.4 is 5.73 Å². The first-order valence-electron chi connectivity index (χ1n) is 5.75. The summed E-state index contributed by atoms with van der Waals surface area (Å²) in [5.41, 5.74) is 6.84. The quantitative estimate of drug-likeness (QED) is 0.828. The molecule has 1 aromatic rings. The van der Waals surface area contributed by atoms with Crippen molar-refractivity contribution in [3.05, 3.63) is 24.0 Å². The van der Waals surface area contributed by atoms with E-state index in [0.29, 0.717) is 12.6 Å². The van der Waals surface area contributed by atoms with Crippen LogP contribution in [0.5, 0.6) is 0 Å². The van der Waals surface area contributed by atoms with Gasteiger partial charge in [-0.1, -0.05) is 0 Å². The summed E-state index contributed by atoms with van der Waals surface area (Å²) in [6.07, 6.45) is 6.17. The number of rotatable bonds is 4. The van der Waals surface area contributed by atoms with Gasteiger partial charge in [0.25, 0.3) is 0 Å². The molecule has 0 spiro atoms. The van der Waals surface area contributed by atoms with Crippen LogP contribution >= 0.6 is 0 Å². The molecule has 2 N–H and O–H groups in total. The third kappa shape index (κ3) is 2.44. The minimum atomic E-state index is 0.0255. The van der Waals surface area contributed by atoms with Crippen molar-refractivity contribution in [2.75, 3.05) is 7.05 Å². The lowest BCUT2D eigenvalue weighted by atomic mass is 10.2. The van der Waals surface area contributed by atoms with Crippen molar-refractivity contribution >= 4 is 5.91 Å². The van der Waals surface area contributed by atoms with Crippen LogP contribution in [0, 0.1) is 0 Å². The van der Waals surface area contributed by atoms with Crippen LogP contribution in [-0.2, 0) is 11.3 Å². The normalized spacial score (nSPS) is 17.2. The summed E-state index contributed by atoms with van der Waals surface area (Å²) in [4.78, 5) is 13.7. The van der Waals surface area contributed by atoms with Gasteiger partial charge in [0.15, 0.2) is 0 Å². The molecule has 1 unspecified atom stereocenters. The highest BCUT2D eigenvalue weighted by Gasteiger charge is 2.29. The molecule has 0 bridgehead atoms. The Morgan fingerprint density at radius 3 is 2.88 bits per heavy atom. The van der Waals surface area contributed by atoms with Gasteiger partial charge in [0, 0.05) is 31.5 Å². The van der Waals surface area contributed by atoms with Crippen molar-refractivity contribution in [3.8, 4) is 0 Å². The standard InChI is InChI=1S/C12H19N3O/c1-9(13)10-5-6-15(7-10)8-12(16)14(2)11-3-4-11/h5-7,9,11H,3-4,8,13H2,1-2H3. The Bertz CT molecular complexity index is 379. The second-order valence-electron chi connectivity index (χ2n) is 4.64. The summed E-state index contributed by atoms with van der Waals surface area (Å²) >= 11 is 0. The molecule has 1 heterocycles. The maximum Gasteiger partial charge on any atom is 0.242 e. The van der Waals surface area contributed by atoms with E-state index < -0.39 is 0 Å². The SMILES string of the molecule is CC(N)c1ccn(CC(=O)N(C)C2CC2)c1. The first kappa shape index (κ1) is 11.2. The molecule has 1 fully saturated rings. The van der Waals surface area contributed by atoms with Crippen LogP contribution in [0.15, 0.2) is 18.5 Å². The molecular formula is C12H19N3O. The van der Waals surface area contributed by atoms with Gasteiger partial charge in [0.05, 0.1) is 0 Å². The fraction of sp³-hybridized carbons (Fsp3) is 0.583. The van der Waals surface area contributed by atoms with E-state index in [9.17, 15) is 4.79 Å². The van der Waals surface area contributed by atoms with Gasteiger partial charge in [-0.15, -0.1) is 0 Å². The molecule has 4 heteroatoms. The molecule has 4 nitrogen and oxygen atoms in total. The zero-order chi connectivity index (χ0) is 11.7. The first-order valence-corrected chi connectivity index (χ1v) is 5.75. The zero-order valence-electron chi connectivity index (χ0n) is 9.89. The first-order chi connectivity index (χ1) is 7.58. The summed E-state index contributed by atoms with van der Waals surface area (Å²) in [5.74, 6) is 0.175. The van der Waals surface area contributed by atoms with Crippen LogP contribution in [0.25, 0.3) is 0 Å². The van der Waals surface area contributed by atoms with Gasteiger partial charge < -0.3 is 15.2 Å². The van der Waals surface area contributed by atoms with Gasteiger partial charge in [0.2, 0.25) is 5.91 Å². The van der Waals surface area contributed by atoms with E-state index in [2.05, 4.69) is 0 Å². The van der Waals surface area contributed by atoms with Crippen LogP contribution in [0.3, 0.4) is 0 Å². The lowest BCUT2D eigenvalue weighted by Crippen LogP contribution is -2.31. The number of carbonyl (C=O) groups excluding carboxylic acids is 1. The van der Waals surface area contributed by atoms with Gasteiger partial charge in [-0.25, -0.2) is 0 Å². The second kappa shape index (κ2) is 4.29. The molecule has 1 atom stereocenters. The summed E-state index contributed by atoms with van der Waals surface area (Å²) in [5, 5.41) is 0. The molecule has 88 valence electrons. The molecular weight excluding hydrogens is 202 g/mol. The number of likely N-dealkylation sites (N-methyl/N-ethyl adjacent to an activating group) is 1. The summed E-state index contributed by atoms with van der Waals surface area (Å²) in [6.45, 7) is 2.36. The average molecular weight is 221 g/mol. The lowest BCUT2D eigenvalue weighted by Gasteiger charge is -2.16. The van der Waals surface area contributed by atoms with Gasteiger partial charge in [-0.2, -0.15) is 0 Å². The van der Waals surface area contributed by atoms with E-state index in [4.69, 9.17) is 5.73 Å². The van der Waals surface area contributed by atoms with Crippen LogP contribution in [0.4, 0.5) is 0 Å². The molecule has 1 aliphatic rings. The molecule has 0 aromatic carbocycles. The fourth-order valence-corrected chi connectivity index (χ4v) is 1.76. The van der Waals surface area contributed by atoms with Crippen molar-refractivity contribution < 1.29 is 4.79 Å². The molecule has 0 aliphatic heterocycles. The fourth-order valence-electron chi connectivity index (χ4n) is 1.76. The van der Waals surface area contributed by atoms with Crippen LogP contribution in [0.1, 0.15) is 31.4 Å². The van der Waals surface area contributed by atoms with Crippen molar-refractivity contribution in [2.45, 2.75) is 38.4 Å². The third-order valence-corrected chi connectivity index (χ3v) is 3.10. The number of hydrogen-bond acceptors (Lipinski definition) is 2. The molecule has 0 saturated heterocycles. The summed E-state index contributed by atoms with van der Waals surface area (Å²) < 4.78 is 1.90. The molecule has 0 radical (unpaired) electrons. The monoisotopic (exact) mass is 221 g/mol. The summed E-state index contributed by atoms with van der Waals surface area (Å²) in [6, 6.07) is 2.48. The molecule has 2 rings (SSSR count). The molecule has 16 heavy (non-hydrogen) atoms. The Morgan fingerprint density at radius 1 is 1.69 bits per heavy atom. The van der Waals surface area contributed by atoms with Crippen molar-refractivity contribution in [3.63, 3.8) is 0 Å². The van der Waals surface area contributed by atoms with Gasteiger partial charge in [0.1, 0.15) is 6.54 Å². The van der Waals surface area contributed by atoms with Crippen LogP contribution in [0.2, 0.25) is 0 Å².